The Labute approximate surface area is 107 Å². The molecule has 18 heavy (non-hydrogen) atoms. The highest BCUT2D eigenvalue weighted by Gasteiger charge is 2.47. The lowest BCUT2D eigenvalue weighted by Crippen LogP contribution is -2.32. The molecule has 9 heteroatoms. The van der Waals surface area contributed by atoms with E-state index in [2.05, 4.69) is 4.18 Å². The zero-order chi connectivity index (χ0) is 14.4. The average Bonchev–Trinajstić information content (AvgIpc) is 2.20. The maximum absolute atomic E-state index is 12.1. The molecule has 0 aliphatic carbocycles. The second kappa shape index (κ2) is 7.46. The van der Waals surface area contributed by atoms with Crippen LogP contribution in [0.5, 0.6) is 0 Å². The molecule has 0 heterocycles. The third kappa shape index (κ3) is 6.71. The minimum absolute atomic E-state index is 0.495. The van der Waals surface area contributed by atoms with Crippen molar-refractivity contribution in [2.75, 3.05) is 6.61 Å². The van der Waals surface area contributed by atoms with E-state index < -0.39 is 37.4 Å². The van der Waals surface area contributed by atoms with E-state index in [0.717, 1.165) is 12.8 Å². The van der Waals surface area contributed by atoms with Crippen LogP contribution < -0.4 is 0 Å². The Balaban J connectivity index is 4.42. The fraction of sp³-hybridized carbons (Fsp3) is 1.00. The lowest BCUT2D eigenvalue weighted by atomic mass is 10.2. The van der Waals surface area contributed by atoms with E-state index in [0.29, 0.717) is 6.42 Å². The fourth-order valence-electron chi connectivity index (χ4n) is 1.24. The van der Waals surface area contributed by atoms with Gasteiger partial charge in [0.15, 0.2) is 9.04 Å². The van der Waals surface area contributed by atoms with Gasteiger partial charge in [-0.1, -0.05) is 19.8 Å². The summed E-state index contributed by atoms with van der Waals surface area (Å²) in [7, 11) is -6.97. The first kappa shape index (κ1) is 17.9. The van der Waals surface area contributed by atoms with Crippen LogP contribution in [0.3, 0.4) is 0 Å². The maximum atomic E-state index is 12.1. The van der Waals surface area contributed by atoms with Crippen LogP contribution in [-0.2, 0) is 18.7 Å². The summed E-state index contributed by atoms with van der Waals surface area (Å²) in [6, 6.07) is 0. The van der Waals surface area contributed by atoms with E-state index in [1.165, 1.54) is 0 Å². The first-order chi connectivity index (χ1) is 8.10. The first-order valence-corrected chi connectivity index (χ1v) is 9.90. The average molecular weight is 308 g/mol. The van der Waals surface area contributed by atoms with Gasteiger partial charge in [-0.25, -0.2) is 0 Å². The highest BCUT2D eigenvalue weighted by atomic mass is 32.2. The van der Waals surface area contributed by atoms with E-state index in [9.17, 15) is 21.6 Å². The SMILES string of the molecule is CCCCC(COS(=O)(=O)C(F)(F)F)O[SiH](C)C. The monoisotopic (exact) mass is 308 g/mol. The molecule has 0 aliphatic rings. The Morgan fingerprint density at radius 3 is 2.22 bits per heavy atom. The molecule has 1 atom stereocenters. The van der Waals surface area contributed by atoms with Gasteiger partial charge < -0.3 is 4.43 Å². The molecule has 0 N–H and O–H groups in total. The third-order valence-electron chi connectivity index (χ3n) is 2.04. The number of halogens is 3. The van der Waals surface area contributed by atoms with E-state index in [-0.39, 0.29) is 0 Å². The van der Waals surface area contributed by atoms with Gasteiger partial charge in [0.2, 0.25) is 0 Å². The molecule has 0 aliphatic heterocycles. The topological polar surface area (TPSA) is 52.6 Å². The third-order valence-corrected chi connectivity index (χ3v) is 3.98. The zero-order valence-electron chi connectivity index (χ0n) is 10.7. The van der Waals surface area contributed by atoms with E-state index >= 15 is 0 Å². The molecule has 0 bridgehead atoms. The Kier molecular flexibility index (Phi) is 7.41. The summed E-state index contributed by atoms with van der Waals surface area (Å²) in [6.45, 7) is 5.07. The molecule has 0 rings (SSSR count). The van der Waals surface area contributed by atoms with E-state index in [1.54, 1.807) is 0 Å². The lowest BCUT2D eigenvalue weighted by Gasteiger charge is -2.20. The van der Waals surface area contributed by atoms with Crippen LogP contribution in [0, 0.1) is 0 Å². The Bertz CT molecular complexity index is 329. The standard InChI is InChI=1S/C9H19F3O4SSi/c1-4-5-6-8(16-18(2)3)7-15-17(13,14)9(10,11)12/h8,18H,4-7H2,1-3H3. The molecule has 0 spiro atoms. The molecule has 0 aromatic carbocycles. The predicted octanol–water partition coefficient (Wildman–Crippen LogP) is 2.41. The van der Waals surface area contributed by atoms with Crippen LogP contribution in [0.1, 0.15) is 26.2 Å². The molecule has 0 aromatic rings. The van der Waals surface area contributed by atoms with Crippen molar-refractivity contribution in [2.24, 2.45) is 0 Å². The minimum Gasteiger partial charge on any atom is -0.415 e. The molecule has 110 valence electrons. The molecular weight excluding hydrogens is 289 g/mol. The van der Waals surface area contributed by atoms with Crippen LogP contribution in [0.25, 0.3) is 0 Å². The predicted molar refractivity (Wildman–Crippen MR) is 64.2 cm³/mol. The lowest BCUT2D eigenvalue weighted by molar-refractivity contribution is -0.0561. The molecular formula is C9H19F3O4SSi. The van der Waals surface area contributed by atoms with Crippen molar-refractivity contribution in [1.29, 1.82) is 0 Å². The summed E-state index contributed by atoms with van der Waals surface area (Å²) >= 11 is 0. The summed E-state index contributed by atoms with van der Waals surface area (Å²) in [5, 5.41) is 0. The van der Waals surface area contributed by atoms with Gasteiger partial charge in [-0.3, -0.25) is 4.18 Å². The Morgan fingerprint density at radius 1 is 1.28 bits per heavy atom. The number of rotatable bonds is 8. The maximum Gasteiger partial charge on any atom is 0.523 e. The Hall–Kier alpha value is -0.123. The van der Waals surface area contributed by atoms with Gasteiger partial charge in [-0.2, -0.15) is 21.6 Å². The van der Waals surface area contributed by atoms with Crippen molar-refractivity contribution in [3.8, 4) is 0 Å². The van der Waals surface area contributed by atoms with Crippen molar-refractivity contribution >= 4 is 19.2 Å². The summed E-state index contributed by atoms with van der Waals surface area (Å²) in [4.78, 5) is 0. The van der Waals surface area contributed by atoms with Gasteiger partial charge in [0.1, 0.15) is 0 Å². The summed E-state index contributed by atoms with van der Waals surface area (Å²) in [6.07, 6.45) is 1.51. The van der Waals surface area contributed by atoms with Gasteiger partial charge in [0, 0.05) is 0 Å². The van der Waals surface area contributed by atoms with Gasteiger partial charge >= 0.3 is 15.6 Å². The molecule has 1 unspecified atom stereocenters. The molecule has 4 nitrogen and oxygen atoms in total. The number of unbranched alkanes of at least 4 members (excludes halogenated alkanes) is 1. The summed E-state index contributed by atoms with van der Waals surface area (Å²) in [5.74, 6) is 0. The summed E-state index contributed by atoms with van der Waals surface area (Å²) in [5.41, 5.74) is -5.38. The van der Waals surface area contributed by atoms with Crippen LogP contribution in [0.4, 0.5) is 13.2 Å². The van der Waals surface area contributed by atoms with Gasteiger partial charge in [0.25, 0.3) is 0 Å². The van der Waals surface area contributed by atoms with Crippen LogP contribution in [0.2, 0.25) is 13.1 Å². The van der Waals surface area contributed by atoms with E-state index in [1.807, 2.05) is 20.0 Å². The van der Waals surface area contributed by atoms with Gasteiger partial charge in [0.05, 0.1) is 12.7 Å². The molecule has 0 radical (unpaired) electrons. The fourth-order valence-corrected chi connectivity index (χ4v) is 2.69. The van der Waals surface area contributed by atoms with Crippen molar-refractivity contribution in [3.05, 3.63) is 0 Å². The van der Waals surface area contributed by atoms with Gasteiger partial charge in [-0.05, 0) is 19.5 Å². The highest BCUT2D eigenvalue weighted by molar-refractivity contribution is 7.87. The number of hydrogen-bond acceptors (Lipinski definition) is 4. The Morgan fingerprint density at radius 2 is 1.83 bits per heavy atom. The van der Waals surface area contributed by atoms with Gasteiger partial charge in [-0.15, -0.1) is 0 Å². The second-order valence-corrected chi connectivity index (χ2v) is 8.11. The van der Waals surface area contributed by atoms with Crippen molar-refractivity contribution in [2.45, 2.75) is 50.9 Å². The zero-order valence-corrected chi connectivity index (χ0v) is 12.6. The molecule has 0 aromatic heterocycles. The quantitative estimate of drug-likeness (QED) is 0.392. The first-order valence-electron chi connectivity index (χ1n) is 5.71. The molecule has 0 saturated carbocycles. The molecule has 0 saturated heterocycles. The van der Waals surface area contributed by atoms with Crippen LogP contribution in [-0.4, -0.2) is 35.7 Å². The molecule has 0 fully saturated rings. The van der Waals surface area contributed by atoms with E-state index in [4.69, 9.17) is 4.43 Å². The second-order valence-electron chi connectivity index (χ2n) is 4.13. The van der Waals surface area contributed by atoms with Crippen molar-refractivity contribution < 1.29 is 30.2 Å². The number of alkyl halides is 3. The normalized spacial score (nSPS) is 15.1. The summed E-state index contributed by atoms with van der Waals surface area (Å²) < 4.78 is 67.1. The largest absolute Gasteiger partial charge is 0.523 e. The van der Waals surface area contributed by atoms with Crippen LogP contribution >= 0.6 is 0 Å². The van der Waals surface area contributed by atoms with Crippen LogP contribution in [0.15, 0.2) is 0 Å². The minimum atomic E-state index is -5.52. The molecule has 0 amide bonds. The number of hydrogen-bond donors (Lipinski definition) is 0. The van der Waals surface area contributed by atoms with Crippen molar-refractivity contribution in [1.82, 2.24) is 0 Å². The van der Waals surface area contributed by atoms with Crippen molar-refractivity contribution in [3.63, 3.8) is 0 Å². The smallest absolute Gasteiger partial charge is 0.415 e. The highest BCUT2D eigenvalue weighted by Crippen LogP contribution is 2.25.